The maximum Gasteiger partial charge on any atom is 0.226 e. The Bertz CT molecular complexity index is 629. The minimum atomic E-state index is -0.162. The van der Waals surface area contributed by atoms with Gasteiger partial charge in [0.2, 0.25) is 5.91 Å². The molecule has 0 bridgehead atoms. The smallest absolute Gasteiger partial charge is 0.226 e. The quantitative estimate of drug-likeness (QED) is 0.854. The highest BCUT2D eigenvalue weighted by Crippen LogP contribution is 2.25. The molecular formula is C13H15Cl2N5O. The van der Waals surface area contributed by atoms with Gasteiger partial charge in [-0.25, -0.2) is 0 Å². The zero-order chi connectivity index (χ0) is 15.2. The number of nitrogens with one attached hydrogen (secondary N) is 2. The zero-order valence-electron chi connectivity index (χ0n) is 11.4. The monoisotopic (exact) mass is 327 g/mol. The van der Waals surface area contributed by atoms with Crippen molar-refractivity contribution in [1.82, 2.24) is 20.3 Å². The summed E-state index contributed by atoms with van der Waals surface area (Å²) in [4.78, 5) is 11.9. The predicted molar refractivity (Wildman–Crippen MR) is 82.5 cm³/mol. The molecule has 1 aromatic heterocycles. The van der Waals surface area contributed by atoms with Gasteiger partial charge in [0, 0.05) is 24.2 Å². The molecule has 6 nitrogen and oxygen atoms in total. The van der Waals surface area contributed by atoms with Crippen LogP contribution in [0.15, 0.2) is 24.4 Å². The van der Waals surface area contributed by atoms with E-state index in [2.05, 4.69) is 20.9 Å². The Hall–Kier alpha value is -1.63. The number of hydrogen-bond donors (Lipinski definition) is 2. The summed E-state index contributed by atoms with van der Waals surface area (Å²) in [7, 11) is 1.83. The molecule has 0 aliphatic rings. The first-order chi connectivity index (χ1) is 10.1. The lowest BCUT2D eigenvalue weighted by Gasteiger charge is -2.07. The van der Waals surface area contributed by atoms with Gasteiger partial charge in [-0.2, -0.15) is 0 Å². The Morgan fingerprint density at radius 1 is 1.38 bits per heavy atom. The summed E-state index contributed by atoms with van der Waals surface area (Å²) in [5.41, 5.74) is 1.33. The Balaban J connectivity index is 1.88. The number of rotatable bonds is 6. The van der Waals surface area contributed by atoms with Crippen molar-refractivity contribution in [3.63, 3.8) is 0 Å². The highest BCUT2D eigenvalue weighted by atomic mass is 35.5. The predicted octanol–water partition coefficient (Wildman–Crippen LogP) is 2.33. The van der Waals surface area contributed by atoms with Crippen LogP contribution in [0.5, 0.6) is 0 Å². The Morgan fingerprint density at radius 3 is 2.95 bits per heavy atom. The zero-order valence-corrected chi connectivity index (χ0v) is 12.9. The fraction of sp³-hybridized carbons (Fsp3) is 0.308. The second kappa shape index (κ2) is 7.40. The van der Waals surface area contributed by atoms with Gasteiger partial charge < -0.3 is 10.6 Å². The number of halogens is 2. The molecule has 1 heterocycles. The summed E-state index contributed by atoms with van der Waals surface area (Å²) in [6, 6.07) is 4.92. The van der Waals surface area contributed by atoms with E-state index in [-0.39, 0.29) is 12.3 Å². The Labute approximate surface area is 132 Å². The molecule has 2 rings (SSSR count). The molecule has 0 fully saturated rings. The van der Waals surface area contributed by atoms with Gasteiger partial charge in [-0.1, -0.05) is 28.4 Å². The number of carbonyl (C=O) groups excluding carboxylic acids is 1. The van der Waals surface area contributed by atoms with Crippen LogP contribution in [0.25, 0.3) is 0 Å². The summed E-state index contributed by atoms with van der Waals surface area (Å²) in [6.45, 7) is 1.09. The van der Waals surface area contributed by atoms with Gasteiger partial charge in [-0.05, 0) is 25.2 Å². The van der Waals surface area contributed by atoms with Gasteiger partial charge in [0.15, 0.2) is 0 Å². The fourth-order valence-electron chi connectivity index (χ4n) is 1.73. The number of hydrogen-bond acceptors (Lipinski definition) is 4. The maximum absolute atomic E-state index is 11.9. The van der Waals surface area contributed by atoms with Crippen molar-refractivity contribution in [1.29, 1.82) is 0 Å². The van der Waals surface area contributed by atoms with Crippen LogP contribution in [0.2, 0.25) is 10.0 Å². The highest BCUT2D eigenvalue weighted by molar-refractivity contribution is 6.35. The molecule has 1 amide bonds. The summed E-state index contributed by atoms with van der Waals surface area (Å²) in [6.07, 6.45) is 2.07. The van der Waals surface area contributed by atoms with E-state index in [9.17, 15) is 4.79 Å². The van der Waals surface area contributed by atoms with Crippen molar-refractivity contribution >= 4 is 34.8 Å². The summed E-state index contributed by atoms with van der Waals surface area (Å²) in [5, 5.41) is 14.6. The van der Waals surface area contributed by atoms with Gasteiger partial charge >= 0.3 is 0 Å². The third-order valence-corrected chi connectivity index (χ3v) is 3.28. The first-order valence-electron chi connectivity index (χ1n) is 6.37. The lowest BCUT2D eigenvalue weighted by Crippen LogP contribution is -2.15. The number of carbonyl (C=O) groups is 1. The van der Waals surface area contributed by atoms with E-state index in [1.54, 1.807) is 29.1 Å². The van der Waals surface area contributed by atoms with E-state index in [0.717, 1.165) is 5.69 Å². The van der Waals surface area contributed by atoms with Crippen molar-refractivity contribution in [3.05, 3.63) is 40.1 Å². The van der Waals surface area contributed by atoms with Crippen molar-refractivity contribution < 1.29 is 4.79 Å². The summed E-state index contributed by atoms with van der Waals surface area (Å²) < 4.78 is 1.63. The van der Waals surface area contributed by atoms with E-state index in [0.29, 0.717) is 28.8 Å². The third-order valence-electron chi connectivity index (χ3n) is 2.71. The number of benzene rings is 1. The van der Waals surface area contributed by atoms with Crippen LogP contribution >= 0.6 is 23.2 Å². The average molecular weight is 328 g/mol. The molecule has 0 atom stereocenters. The van der Waals surface area contributed by atoms with Gasteiger partial charge in [0.25, 0.3) is 0 Å². The van der Waals surface area contributed by atoms with Gasteiger partial charge in [0.05, 0.1) is 22.9 Å². The number of nitrogens with zero attached hydrogens (tertiary/aromatic N) is 3. The molecule has 0 aliphatic heterocycles. The largest absolute Gasteiger partial charge is 0.325 e. The van der Waals surface area contributed by atoms with Gasteiger partial charge in [-0.15, -0.1) is 5.10 Å². The fourth-order valence-corrected chi connectivity index (χ4v) is 2.07. The lowest BCUT2D eigenvalue weighted by molar-refractivity contribution is -0.116. The number of amides is 1. The molecule has 0 spiro atoms. The van der Waals surface area contributed by atoms with Gasteiger partial charge in [-0.3, -0.25) is 9.48 Å². The molecule has 0 radical (unpaired) electrons. The topological polar surface area (TPSA) is 71.8 Å². The summed E-state index contributed by atoms with van der Waals surface area (Å²) >= 11 is 11.9. The standard InChI is InChI=1S/C13H15Cl2N5O/c1-16-7-10-8-20(19-18-10)5-4-13(21)17-12-6-9(14)2-3-11(12)15/h2-3,6,8,16H,4-5,7H2,1H3,(H,17,21). The molecule has 0 unspecified atom stereocenters. The van der Waals surface area contributed by atoms with Crippen molar-refractivity contribution in [2.75, 3.05) is 12.4 Å². The first-order valence-corrected chi connectivity index (χ1v) is 7.12. The third kappa shape index (κ3) is 4.70. The lowest BCUT2D eigenvalue weighted by atomic mass is 10.3. The molecule has 112 valence electrons. The van der Waals surface area contributed by atoms with Crippen LogP contribution in [-0.4, -0.2) is 27.9 Å². The molecule has 0 aliphatic carbocycles. The molecule has 8 heteroatoms. The molecule has 2 N–H and O–H groups in total. The molecular weight excluding hydrogens is 313 g/mol. The minimum Gasteiger partial charge on any atom is -0.325 e. The molecule has 0 saturated heterocycles. The highest BCUT2D eigenvalue weighted by Gasteiger charge is 2.08. The first kappa shape index (κ1) is 15.8. The van der Waals surface area contributed by atoms with E-state index >= 15 is 0 Å². The molecule has 2 aromatic rings. The SMILES string of the molecule is CNCc1cn(CCC(=O)Nc2cc(Cl)ccc2Cl)nn1. The van der Waals surface area contributed by atoms with Gasteiger partial charge in [0.1, 0.15) is 0 Å². The van der Waals surface area contributed by atoms with Crippen molar-refractivity contribution in [3.8, 4) is 0 Å². The maximum atomic E-state index is 11.9. The molecule has 0 saturated carbocycles. The Morgan fingerprint density at radius 2 is 2.19 bits per heavy atom. The Kier molecular flexibility index (Phi) is 5.55. The van der Waals surface area contributed by atoms with Crippen LogP contribution in [0.1, 0.15) is 12.1 Å². The van der Waals surface area contributed by atoms with E-state index in [1.165, 1.54) is 0 Å². The second-order valence-electron chi connectivity index (χ2n) is 4.43. The number of aryl methyl sites for hydroxylation is 1. The normalized spacial score (nSPS) is 10.6. The van der Waals surface area contributed by atoms with Crippen molar-refractivity contribution in [2.24, 2.45) is 0 Å². The van der Waals surface area contributed by atoms with Crippen LogP contribution in [0.3, 0.4) is 0 Å². The minimum absolute atomic E-state index is 0.162. The number of aromatic nitrogens is 3. The van der Waals surface area contributed by atoms with Crippen LogP contribution < -0.4 is 10.6 Å². The molecule has 21 heavy (non-hydrogen) atoms. The van der Waals surface area contributed by atoms with E-state index in [1.807, 2.05) is 7.05 Å². The average Bonchev–Trinajstić information content (AvgIpc) is 2.89. The summed E-state index contributed by atoms with van der Waals surface area (Å²) in [5.74, 6) is -0.162. The molecule has 1 aromatic carbocycles. The van der Waals surface area contributed by atoms with Crippen LogP contribution in [0.4, 0.5) is 5.69 Å². The second-order valence-corrected chi connectivity index (χ2v) is 5.27. The van der Waals surface area contributed by atoms with Crippen LogP contribution in [0, 0.1) is 0 Å². The van der Waals surface area contributed by atoms with E-state index in [4.69, 9.17) is 23.2 Å². The number of anilines is 1. The van der Waals surface area contributed by atoms with Crippen molar-refractivity contribution in [2.45, 2.75) is 19.5 Å². The van der Waals surface area contributed by atoms with E-state index < -0.39 is 0 Å². The van der Waals surface area contributed by atoms with Crippen LogP contribution in [-0.2, 0) is 17.9 Å².